The minimum absolute atomic E-state index is 0.134. The number of methoxy groups -OCH3 is 2. The van der Waals surface area contributed by atoms with Crippen LogP contribution in [-0.2, 0) is 43.0 Å². The average Bonchev–Trinajstić information content (AvgIpc) is 4.10. The van der Waals surface area contributed by atoms with Gasteiger partial charge in [-0.05, 0) is 117 Å². The van der Waals surface area contributed by atoms with E-state index in [4.69, 9.17) is 9.47 Å². The molecule has 4 N–H and O–H groups in total. The van der Waals surface area contributed by atoms with Crippen LogP contribution in [0.3, 0.4) is 0 Å². The minimum Gasteiger partial charge on any atom is -0.497 e. The number of piperidine rings is 2. The predicted molar refractivity (Wildman–Crippen MR) is 274 cm³/mol. The van der Waals surface area contributed by atoms with Gasteiger partial charge in [0, 0.05) is 70.5 Å². The second-order valence-corrected chi connectivity index (χ2v) is 25.4. The summed E-state index contributed by atoms with van der Waals surface area (Å²) in [5.41, 5.74) is -3.25. The predicted octanol–water partition coefficient (Wildman–Crippen LogP) is 8.20. The van der Waals surface area contributed by atoms with Gasteiger partial charge < -0.3 is 30.7 Å². The lowest BCUT2D eigenvalue weighted by Gasteiger charge is -2.31. The van der Waals surface area contributed by atoms with Gasteiger partial charge in [0.15, 0.2) is 0 Å². The van der Waals surface area contributed by atoms with Crippen LogP contribution in [0.15, 0.2) is 141 Å². The van der Waals surface area contributed by atoms with Crippen molar-refractivity contribution in [1.82, 2.24) is 19.2 Å². The van der Waals surface area contributed by atoms with Gasteiger partial charge in [0.1, 0.15) is 19.9 Å². The van der Waals surface area contributed by atoms with E-state index in [9.17, 15) is 48.0 Å². The molecule has 2 aliphatic rings. The number of sulfonamides is 2. The Morgan fingerprint density at radius 3 is 1.42 bits per heavy atom. The number of hydrogen-bond acceptors (Lipinski definition) is 14. The molecule has 73 heavy (non-hydrogen) atoms. The van der Waals surface area contributed by atoms with Crippen molar-refractivity contribution < 1.29 is 57.5 Å². The third-order valence-corrected chi connectivity index (χ3v) is 20.2. The second-order valence-electron chi connectivity index (χ2n) is 16.8. The van der Waals surface area contributed by atoms with Crippen molar-refractivity contribution in [3.8, 4) is 11.5 Å². The summed E-state index contributed by atoms with van der Waals surface area (Å²) in [6, 6.07) is 34.5. The number of nitrogens with one attached hydrogen (secondary N) is 4. The highest BCUT2D eigenvalue weighted by Crippen LogP contribution is 2.33. The quantitative estimate of drug-likeness (QED) is 0.0682. The maximum Gasteiger partial charge on any atom is 0.501 e. The molecule has 16 nitrogen and oxygen atoms in total. The van der Waals surface area contributed by atoms with Crippen molar-refractivity contribution >= 4 is 75.7 Å². The fourth-order valence-electron chi connectivity index (χ4n) is 7.88. The normalized spacial score (nSPS) is 15.4. The number of benzene rings is 4. The van der Waals surface area contributed by atoms with E-state index >= 15 is 0 Å². The Hall–Kier alpha value is -6.02. The zero-order chi connectivity index (χ0) is 52.4. The average molecular weight is 1100 g/mol. The summed E-state index contributed by atoms with van der Waals surface area (Å²) >= 11 is 2.25. The molecular weight excluding hydrogens is 1050 g/mol. The Balaban J connectivity index is 0.000000218. The molecule has 0 aliphatic carbocycles. The molecule has 0 bridgehead atoms. The van der Waals surface area contributed by atoms with Crippen LogP contribution in [0, 0.1) is 0 Å². The number of para-hydroxylation sites is 1. The molecular formula is C49H53F3N6O10S5. The molecule has 0 radical (unpaired) electrons. The van der Waals surface area contributed by atoms with Crippen LogP contribution in [-0.4, -0.2) is 104 Å². The maximum absolute atomic E-state index is 13.2. The maximum atomic E-state index is 13.2. The van der Waals surface area contributed by atoms with Gasteiger partial charge >= 0.3 is 5.51 Å². The lowest BCUT2D eigenvalue weighted by atomic mass is 10.1. The van der Waals surface area contributed by atoms with Crippen LogP contribution in [0.25, 0.3) is 0 Å². The van der Waals surface area contributed by atoms with E-state index in [-0.39, 0.29) is 60.0 Å². The Morgan fingerprint density at radius 1 is 0.562 bits per heavy atom. The van der Waals surface area contributed by atoms with E-state index in [1.165, 1.54) is 41.0 Å². The van der Waals surface area contributed by atoms with Crippen molar-refractivity contribution in [3.63, 3.8) is 0 Å². The summed E-state index contributed by atoms with van der Waals surface area (Å²) < 4.78 is 128. The van der Waals surface area contributed by atoms with Gasteiger partial charge in [0.05, 0.1) is 32.2 Å². The smallest absolute Gasteiger partial charge is 0.497 e. The Morgan fingerprint density at radius 2 is 0.986 bits per heavy atom. The number of alkyl halides is 3. The summed E-state index contributed by atoms with van der Waals surface area (Å²) in [4.78, 5) is 25.4. The third kappa shape index (κ3) is 14.0. The highest BCUT2D eigenvalue weighted by atomic mass is 32.3. The molecule has 0 saturated carbocycles. The number of sulfone groups is 1. The first-order valence-electron chi connectivity index (χ1n) is 22.8. The molecule has 2 aromatic heterocycles. The van der Waals surface area contributed by atoms with Gasteiger partial charge in [-0.25, -0.2) is 25.3 Å². The zero-order valence-corrected chi connectivity index (χ0v) is 43.6. The van der Waals surface area contributed by atoms with Crippen LogP contribution < -0.4 is 30.7 Å². The summed E-state index contributed by atoms with van der Waals surface area (Å²) in [5.74, 6) is 0.585. The molecule has 8 rings (SSSR count). The van der Waals surface area contributed by atoms with Crippen LogP contribution in [0.1, 0.15) is 56.2 Å². The standard InChI is InChI=1S/C25H26F3N3O6S3.C24H27N3O4S2/c1-37-20-6-2-4-17(14-20)24(32)29-16-21-8-9-23(38-21)40(35,36)31-12-10-18(11-13-31)30-19-5-3-7-22(15-19)39(33,34)25(26,27)28;1-31-21-9-5-6-18(16-21)24(28)25-17-22-10-11-23(32-22)33(29,30)27-14-12-20(13-15-27)26-19-7-3-2-4-8-19/h2-9,14-15,18,30H,10-13,16H2,1H3,(H,29,32);2-11,16,20,26H,12-15,17H2,1H3,(H,25,28). The number of amides is 2. The van der Waals surface area contributed by atoms with Crippen LogP contribution >= 0.6 is 22.7 Å². The molecule has 2 aliphatic heterocycles. The van der Waals surface area contributed by atoms with Gasteiger partial charge in [0.25, 0.3) is 41.7 Å². The highest BCUT2D eigenvalue weighted by molar-refractivity contribution is 7.92. The fraction of sp³-hybridized carbons (Fsp3) is 0.306. The first-order valence-corrected chi connectivity index (χ1v) is 28.8. The largest absolute Gasteiger partial charge is 0.501 e. The number of halogens is 3. The number of thiophene rings is 2. The number of carbonyl (C=O) groups is 2. The molecule has 6 aromatic rings. The number of rotatable bonds is 17. The highest BCUT2D eigenvalue weighted by Gasteiger charge is 2.47. The number of hydrogen-bond donors (Lipinski definition) is 4. The molecule has 2 fully saturated rings. The van der Waals surface area contributed by atoms with E-state index in [1.54, 1.807) is 78.1 Å². The van der Waals surface area contributed by atoms with Crippen LogP contribution in [0.2, 0.25) is 0 Å². The Labute approximate surface area is 430 Å². The van der Waals surface area contributed by atoms with E-state index in [2.05, 4.69) is 21.3 Å². The minimum atomic E-state index is -5.48. The summed E-state index contributed by atoms with van der Waals surface area (Å²) in [6.07, 6.45) is 2.24. The topological polar surface area (TPSA) is 210 Å². The van der Waals surface area contributed by atoms with Crippen molar-refractivity contribution in [2.45, 2.75) is 69.7 Å². The second kappa shape index (κ2) is 23.9. The van der Waals surface area contributed by atoms with Gasteiger partial charge in [0.2, 0.25) is 0 Å². The molecule has 2 saturated heterocycles. The fourth-order valence-corrected chi connectivity index (χ4v) is 14.5. The molecule has 0 unspecified atom stereocenters. The van der Waals surface area contributed by atoms with E-state index in [1.807, 2.05) is 30.3 Å². The molecule has 4 heterocycles. The lowest BCUT2D eigenvalue weighted by molar-refractivity contribution is -0.0436. The monoisotopic (exact) mass is 1100 g/mol. The molecule has 2 amide bonds. The molecule has 0 atom stereocenters. The lowest BCUT2D eigenvalue weighted by Crippen LogP contribution is -2.42. The molecule has 4 aromatic carbocycles. The van der Waals surface area contributed by atoms with Crippen molar-refractivity contribution in [2.75, 3.05) is 51.0 Å². The third-order valence-electron chi connectivity index (χ3n) is 11.8. The molecule has 0 spiro atoms. The first-order chi connectivity index (χ1) is 34.8. The number of anilines is 2. The summed E-state index contributed by atoms with van der Waals surface area (Å²) in [6.45, 7) is 1.70. The molecule has 390 valence electrons. The SMILES string of the molecule is COc1cccc(C(=O)NCc2ccc(S(=O)(=O)N3CCC(Nc4cccc(S(=O)(=O)C(F)(F)F)c4)CC3)s2)c1.COc1cccc(C(=O)NCc2ccc(S(=O)(=O)N3CCC(Nc4ccccc4)CC3)s2)c1. The van der Waals surface area contributed by atoms with Crippen LogP contribution in [0.4, 0.5) is 24.5 Å². The zero-order valence-electron chi connectivity index (χ0n) is 39.5. The summed E-state index contributed by atoms with van der Waals surface area (Å²) in [7, 11) is -9.76. The van der Waals surface area contributed by atoms with Gasteiger partial charge in [-0.2, -0.15) is 21.8 Å². The van der Waals surface area contributed by atoms with Gasteiger partial charge in [-0.3, -0.25) is 9.59 Å². The van der Waals surface area contributed by atoms with Crippen LogP contribution in [0.5, 0.6) is 11.5 Å². The number of carbonyl (C=O) groups excluding carboxylic acids is 2. The van der Waals surface area contributed by atoms with Crippen molar-refractivity contribution in [1.29, 1.82) is 0 Å². The summed E-state index contributed by atoms with van der Waals surface area (Å²) in [5, 5.41) is 12.1. The van der Waals surface area contributed by atoms with E-state index in [0.717, 1.165) is 46.9 Å². The molecule has 24 heteroatoms. The number of nitrogens with zero attached hydrogens (tertiary/aromatic N) is 2. The van der Waals surface area contributed by atoms with Gasteiger partial charge in [-0.1, -0.05) is 36.4 Å². The number of ether oxygens (including phenoxy) is 2. The van der Waals surface area contributed by atoms with Crippen molar-refractivity contribution in [3.05, 3.63) is 148 Å². The van der Waals surface area contributed by atoms with E-state index in [0.29, 0.717) is 57.6 Å². The Kier molecular flexibility index (Phi) is 17.9. The van der Waals surface area contributed by atoms with E-state index < -0.39 is 40.3 Å². The van der Waals surface area contributed by atoms with Crippen molar-refractivity contribution in [2.24, 2.45) is 0 Å². The first kappa shape index (κ1) is 54.7. The Bertz CT molecular complexity index is 3190. The van der Waals surface area contributed by atoms with Gasteiger partial charge in [-0.15, -0.1) is 22.7 Å².